The van der Waals surface area contributed by atoms with Crippen LogP contribution >= 0.6 is 0 Å². The highest BCUT2D eigenvalue weighted by Gasteiger charge is 2.20. The molecule has 0 N–H and O–H groups in total. The molecule has 0 unspecified atom stereocenters. The summed E-state index contributed by atoms with van der Waals surface area (Å²) in [5.41, 5.74) is 13.3. The van der Waals surface area contributed by atoms with Gasteiger partial charge in [-0.05, 0) is 88.3 Å². The van der Waals surface area contributed by atoms with E-state index in [4.69, 9.17) is 14.4 Å². The first kappa shape index (κ1) is 33.5. The topological polar surface area (TPSA) is 42.2 Å². The van der Waals surface area contributed by atoms with Gasteiger partial charge in [-0.2, -0.15) is 0 Å². The van der Waals surface area contributed by atoms with E-state index in [-0.39, 0.29) is 0 Å². The fraction of sp³-hybridized carbons (Fsp3) is 0. The molecule has 272 valence electrons. The second-order valence-electron chi connectivity index (χ2n) is 14.6. The maximum absolute atomic E-state index is 6.85. The average Bonchev–Trinajstić information content (AvgIpc) is 3.69. The van der Waals surface area contributed by atoms with E-state index in [2.05, 4.69) is 187 Å². The Kier molecular flexibility index (Phi) is 8.11. The first-order valence-electron chi connectivity index (χ1n) is 19.6. The van der Waals surface area contributed by atoms with Crippen LogP contribution in [0.3, 0.4) is 0 Å². The summed E-state index contributed by atoms with van der Waals surface area (Å²) in [6.07, 6.45) is 0. The molecule has 0 spiro atoms. The fourth-order valence-corrected chi connectivity index (χ4v) is 8.25. The second-order valence-corrected chi connectivity index (χ2v) is 14.6. The van der Waals surface area contributed by atoms with Gasteiger partial charge in [-0.1, -0.05) is 152 Å². The number of para-hydroxylation sites is 2. The van der Waals surface area contributed by atoms with Crippen LogP contribution in [-0.4, -0.2) is 9.97 Å². The summed E-state index contributed by atoms with van der Waals surface area (Å²) in [7, 11) is 0. The Morgan fingerprint density at radius 3 is 1.66 bits per heavy atom. The van der Waals surface area contributed by atoms with Crippen molar-refractivity contribution in [2.24, 2.45) is 0 Å². The van der Waals surface area contributed by atoms with Crippen LogP contribution in [-0.2, 0) is 0 Å². The van der Waals surface area contributed by atoms with Crippen LogP contribution in [0.2, 0.25) is 0 Å². The van der Waals surface area contributed by atoms with Gasteiger partial charge < -0.3 is 9.32 Å². The van der Waals surface area contributed by atoms with E-state index in [1.54, 1.807) is 0 Å². The van der Waals surface area contributed by atoms with Crippen LogP contribution in [0.1, 0.15) is 0 Å². The molecule has 11 rings (SSSR count). The fourth-order valence-electron chi connectivity index (χ4n) is 8.25. The van der Waals surface area contributed by atoms with Crippen molar-refractivity contribution < 1.29 is 4.42 Å². The molecule has 0 saturated carbocycles. The molecule has 0 aliphatic heterocycles. The van der Waals surface area contributed by atoms with Crippen LogP contribution in [0.5, 0.6) is 0 Å². The van der Waals surface area contributed by atoms with Crippen molar-refractivity contribution in [1.82, 2.24) is 9.97 Å². The number of nitrogens with zero attached hydrogens (tertiary/aromatic N) is 3. The van der Waals surface area contributed by atoms with Crippen molar-refractivity contribution in [3.05, 3.63) is 212 Å². The maximum atomic E-state index is 6.85. The van der Waals surface area contributed by atoms with Gasteiger partial charge in [0.15, 0.2) is 5.82 Å². The first-order chi connectivity index (χ1) is 28.7. The summed E-state index contributed by atoms with van der Waals surface area (Å²) in [4.78, 5) is 12.5. The lowest BCUT2D eigenvalue weighted by molar-refractivity contribution is 0.673. The Bertz CT molecular complexity index is 3250. The second kappa shape index (κ2) is 14.0. The van der Waals surface area contributed by atoms with Gasteiger partial charge in [0.1, 0.15) is 11.2 Å². The maximum Gasteiger partial charge on any atom is 0.160 e. The van der Waals surface area contributed by atoms with E-state index in [1.165, 1.54) is 11.1 Å². The highest BCUT2D eigenvalue weighted by molar-refractivity contribution is 6.21. The Morgan fingerprint density at radius 1 is 0.379 bits per heavy atom. The van der Waals surface area contributed by atoms with E-state index in [1.807, 2.05) is 30.3 Å². The first-order valence-corrected chi connectivity index (χ1v) is 19.6. The number of rotatable bonds is 7. The van der Waals surface area contributed by atoms with Gasteiger partial charge in [0.25, 0.3) is 0 Å². The van der Waals surface area contributed by atoms with Crippen molar-refractivity contribution in [1.29, 1.82) is 0 Å². The minimum atomic E-state index is 0.665. The zero-order chi connectivity index (χ0) is 38.4. The largest absolute Gasteiger partial charge is 0.455 e. The number of anilines is 3. The molecule has 0 radical (unpaired) electrons. The molecule has 4 heteroatoms. The number of hydrogen-bond donors (Lipinski definition) is 0. The molecule has 4 nitrogen and oxygen atoms in total. The van der Waals surface area contributed by atoms with Crippen LogP contribution in [0, 0.1) is 0 Å². The Morgan fingerprint density at radius 2 is 0.931 bits per heavy atom. The number of furan rings is 1. The predicted octanol–water partition coefficient (Wildman–Crippen LogP) is 14.8. The third-order valence-electron chi connectivity index (χ3n) is 11.1. The molecule has 11 aromatic rings. The van der Waals surface area contributed by atoms with Gasteiger partial charge >= 0.3 is 0 Å². The Balaban J connectivity index is 1.02. The zero-order valence-electron chi connectivity index (χ0n) is 31.5. The predicted molar refractivity (Wildman–Crippen MR) is 241 cm³/mol. The van der Waals surface area contributed by atoms with Gasteiger partial charge in [-0.3, -0.25) is 0 Å². The number of benzene rings is 9. The minimum absolute atomic E-state index is 0.665. The molecule has 0 aliphatic rings. The molecule has 58 heavy (non-hydrogen) atoms. The molecule has 0 aliphatic carbocycles. The Hall–Kier alpha value is -7.82. The van der Waals surface area contributed by atoms with Crippen LogP contribution in [0.15, 0.2) is 217 Å². The standard InChI is InChI=1S/C54H35N3O/c1-4-14-36(15-5-1)37-24-29-43(30-25-37)57(42-19-8-3-9-20-42)44-31-26-38(27-32-44)48-34-40-18-10-11-21-45(40)53-51(48)47-33-28-41(35-50(47)58-53)54-55-49-23-13-12-22-46(49)52(56-54)39-16-6-2-7-17-39/h1-35H. The van der Waals surface area contributed by atoms with Crippen molar-refractivity contribution in [2.75, 3.05) is 4.90 Å². The number of fused-ring (bicyclic) bond motifs is 6. The van der Waals surface area contributed by atoms with Crippen molar-refractivity contribution in [3.8, 4) is 44.9 Å². The summed E-state index contributed by atoms with van der Waals surface area (Å²) < 4.78 is 6.85. The van der Waals surface area contributed by atoms with Crippen molar-refractivity contribution in [3.63, 3.8) is 0 Å². The summed E-state index contributed by atoms with van der Waals surface area (Å²) in [6.45, 7) is 0. The summed E-state index contributed by atoms with van der Waals surface area (Å²) in [5, 5.41) is 5.38. The number of hydrogen-bond acceptors (Lipinski definition) is 4. The molecule has 2 heterocycles. The third kappa shape index (κ3) is 5.87. The Labute approximate surface area is 335 Å². The van der Waals surface area contributed by atoms with E-state index in [0.717, 1.165) is 88.6 Å². The molecule has 0 fully saturated rings. The monoisotopic (exact) mass is 741 g/mol. The van der Waals surface area contributed by atoms with Crippen molar-refractivity contribution >= 4 is 60.7 Å². The van der Waals surface area contributed by atoms with Gasteiger partial charge in [0, 0.05) is 49.7 Å². The van der Waals surface area contributed by atoms with Crippen LogP contribution < -0.4 is 4.90 Å². The smallest absolute Gasteiger partial charge is 0.160 e. The van der Waals surface area contributed by atoms with E-state index < -0.39 is 0 Å². The third-order valence-corrected chi connectivity index (χ3v) is 11.1. The molecular weight excluding hydrogens is 707 g/mol. The van der Waals surface area contributed by atoms with Crippen LogP contribution in [0.4, 0.5) is 17.1 Å². The summed E-state index contributed by atoms with van der Waals surface area (Å²) >= 11 is 0. The van der Waals surface area contributed by atoms with Crippen molar-refractivity contribution in [2.45, 2.75) is 0 Å². The normalized spacial score (nSPS) is 11.4. The van der Waals surface area contributed by atoms with E-state index in [0.29, 0.717) is 5.82 Å². The van der Waals surface area contributed by atoms with Crippen LogP contribution in [0.25, 0.3) is 88.5 Å². The number of aromatic nitrogens is 2. The van der Waals surface area contributed by atoms with Gasteiger partial charge in [-0.25, -0.2) is 9.97 Å². The van der Waals surface area contributed by atoms with E-state index in [9.17, 15) is 0 Å². The quantitative estimate of drug-likeness (QED) is 0.163. The molecule has 0 bridgehead atoms. The lowest BCUT2D eigenvalue weighted by atomic mass is 9.95. The SMILES string of the molecule is c1ccc(-c2ccc(N(c3ccccc3)c3ccc(-c4cc5ccccc5c5oc6cc(-c7nc(-c8ccccc8)c8ccccc8n7)ccc6c45)cc3)cc2)cc1. The summed E-state index contributed by atoms with van der Waals surface area (Å²) in [5.74, 6) is 0.665. The minimum Gasteiger partial charge on any atom is -0.455 e. The molecule has 0 amide bonds. The summed E-state index contributed by atoms with van der Waals surface area (Å²) in [6, 6.07) is 74.4. The highest BCUT2D eigenvalue weighted by Crippen LogP contribution is 2.43. The molecule has 2 aromatic heterocycles. The van der Waals surface area contributed by atoms with Gasteiger partial charge in [0.05, 0.1) is 11.2 Å². The molecular formula is C54H35N3O. The molecule has 0 saturated heterocycles. The van der Waals surface area contributed by atoms with Gasteiger partial charge in [0.2, 0.25) is 0 Å². The molecule has 0 atom stereocenters. The average molecular weight is 742 g/mol. The lowest BCUT2D eigenvalue weighted by Gasteiger charge is -2.26. The lowest BCUT2D eigenvalue weighted by Crippen LogP contribution is -2.09. The zero-order valence-corrected chi connectivity index (χ0v) is 31.5. The van der Waals surface area contributed by atoms with E-state index >= 15 is 0 Å². The molecule has 9 aromatic carbocycles. The van der Waals surface area contributed by atoms with Gasteiger partial charge in [-0.15, -0.1) is 0 Å². The highest BCUT2D eigenvalue weighted by atomic mass is 16.3.